The molecular weight excluding hydrogens is 310 g/mol. The third-order valence-electron chi connectivity index (χ3n) is 3.29. The van der Waals surface area contributed by atoms with E-state index in [9.17, 15) is 14.4 Å². The van der Waals surface area contributed by atoms with Crippen molar-refractivity contribution in [2.75, 3.05) is 11.5 Å². The van der Waals surface area contributed by atoms with Crippen LogP contribution < -0.4 is 4.90 Å². The highest BCUT2D eigenvalue weighted by Crippen LogP contribution is 2.38. The van der Waals surface area contributed by atoms with Gasteiger partial charge in [0.1, 0.15) is 5.60 Å². The standard InChI is InChI=1S/C18H21NO5/c1-5-23-15(20)11-10-13-12-8-6-7-9-14(12)19(16(13)21)17(22)24-18(2,3)4/h6-11,13H,5H2,1-4H3/b11-10+. The third kappa shape index (κ3) is 3.82. The van der Waals surface area contributed by atoms with E-state index in [1.54, 1.807) is 52.0 Å². The Hall–Kier alpha value is -2.63. The van der Waals surface area contributed by atoms with Gasteiger partial charge in [-0.05, 0) is 39.3 Å². The number of ether oxygens (including phenoxy) is 2. The summed E-state index contributed by atoms with van der Waals surface area (Å²) in [5, 5.41) is 0. The van der Waals surface area contributed by atoms with Crippen molar-refractivity contribution < 1.29 is 23.9 Å². The molecule has 0 saturated heterocycles. The second-order valence-corrected chi connectivity index (χ2v) is 6.30. The number of hydrogen-bond acceptors (Lipinski definition) is 5. The molecule has 1 atom stereocenters. The largest absolute Gasteiger partial charge is 0.463 e. The molecule has 2 amide bonds. The Bertz CT molecular complexity index is 687. The molecule has 0 aliphatic carbocycles. The average molecular weight is 331 g/mol. The van der Waals surface area contributed by atoms with Crippen molar-refractivity contribution in [2.45, 2.75) is 39.2 Å². The predicted octanol–water partition coefficient (Wildman–Crippen LogP) is 3.17. The van der Waals surface area contributed by atoms with Crippen LogP contribution in [-0.4, -0.2) is 30.2 Å². The highest BCUT2D eigenvalue weighted by Gasteiger charge is 2.41. The summed E-state index contributed by atoms with van der Waals surface area (Å²) in [4.78, 5) is 37.6. The second-order valence-electron chi connectivity index (χ2n) is 6.30. The molecule has 0 spiro atoms. The zero-order valence-electron chi connectivity index (χ0n) is 14.2. The van der Waals surface area contributed by atoms with Gasteiger partial charge in [0, 0.05) is 6.08 Å². The fourth-order valence-corrected chi connectivity index (χ4v) is 2.39. The van der Waals surface area contributed by atoms with Crippen LogP contribution in [0.5, 0.6) is 0 Å². The van der Waals surface area contributed by atoms with Crippen molar-refractivity contribution in [3.63, 3.8) is 0 Å². The smallest absolute Gasteiger partial charge is 0.421 e. The summed E-state index contributed by atoms with van der Waals surface area (Å²) in [7, 11) is 0. The van der Waals surface area contributed by atoms with Gasteiger partial charge in [0.05, 0.1) is 18.2 Å². The van der Waals surface area contributed by atoms with Gasteiger partial charge in [0.15, 0.2) is 0 Å². The molecule has 0 aromatic heterocycles. The van der Waals surface area contributed by atoms with E-state index in [1.165, 1.54) is 12.2 Å². The summed E-state index contributed by atoms with van der Waals surface area (Å²) in [6, 6.07) is 6.93. The Kier molecular flexibility index (Phi) is 5.07. The molecule has 6 heteroatoms. The summed E-state index contributed by atoms with van der Waals surface area (Å²) < 4.78 is 10.1. The summed E-state index contributed by atoms with van der Waals surface area (Å²) in [6.45, 7) is 7.15. The molecule has 1 unspecified atom stereocenters. The summed E-state index contributed by atoms with van der Waals surface area (Å²) >= 11 is 0. The number of amides is 2. The van der Waals surface area contributed by atoms with Gasteiger partial charge in [-0.1, -0.05) is 24.3 Å². The van der Waals surface area contributed by atoms with Gasteiger partial charge in [0.2, 0.25) is 5.91 Å². The minimum atomic E-state index is -0.730. The fraction of sp³-hybridized carbons (Fsp3) is 0.389. The Morgan fingerprint density at radius 3 is 2.54 bits per heavy atom. The molecule has 1 aromatic carbocycles. The van der Waals surface area contributed by atoms with Crippen molar-refractivity contribution >= 4 is 23.7 Å². The van der Waals surface area contributed by atoms with E-state index in [-0.39, 0.29) is 6.61 Å². The fourth-order valence-electron chi connectivity index (χ4n) is 2.39. The zero-order valence-corrected chi connectivity index (χ0v) is 14.2. The molecule has 1 aromatic rings. The van der Waals surface area contributed by atoms with Crippen LogP contribution in [0.3, 0.4) is 0 Å². The summed E-state index contributed by atoms with van der Waals surface area (Å²) in [6.07, 6.45) is 1.93. The van der Waals surface area contributed by atoms with Crippen LogP contribution >= 0.6 is 0 Å². The van der Waals surface area contributed by atoms with Crippen LogP contribution in [0.15, 0.2) is 36.4 Å². The quantitative estimate of drug-likeness (QED) is 0.628. The highest BCUT2D eigenvalue weighted by atomic mass is 16.6. The maximum Gasteiger partial charge on any atom is 0.421 e. The van der Waals surface area contributed by atoms with Crippen molar-refractivity contribution in [1.29, 1.82) is 0 Å². The number of hydrogen-bond donors (Lipinski definition) is 0. The van der Waals surface area contributed by atoms with Crippen LogP contribution in [0.1, 0.15) is 39.2 Å². The SMILES string of the molecule is CCOC(=O)/C=C/C1C(=O)N(C(=O)OC(C)(C)C)c2ccccc21. The van der Waals surface area contributed by atoms with E-state index in [1.807, 2.05) is 0 Å². The number of para-hydroxylation sites is 1. The number of imide groups is 1. The molecule has 128 valence electrons. The number of rotatable bonds is 3. The Morgan fingerprint density at radius 2 is 1.92 bits per heavy atom. The number of nitrogens with zero attached hydrogens (tertiary/aromatic N) is 1. The number of fused-ring (bicyclic) bond motifs is 1. The van der Waals surface area contributed by atoms with E-state index in [0.29, 0.717) is 11.3 Å². The molecule has 0 N–H and O–H groups in total. The van der Waals surface area contributed by atoms with Gasteiger partial charge in [-0.3, -0.25) is 4.79 Å². The van der Waals surface area contributed by atoms with Gasteiger partial charge < -0.3 is 9.47 Å². The van der Waals surface area contributed by atoms with Crippen molar-refractivity contribution in [1.82, 2.24) is 0 Å². The number of esters is 1. The van der Waals surface area contributed by atoms with Crippen LogP contribution in [0, 0.1) is 0 Å². The van der Waals surface area contributed by atoms with Crippen LogP contribution in [0.25, 0.3) is 0 Å². The predicted molar refractivity (Wildman–Crippen MR) is 88.7 cm³/mol. The van der Waals surface area contributed by atoms with Gasteiger partial charge in [0.25, 0.3) is 0 Å². The van der Waals surface area contributed by atoms with Crippen molar-refractivity contribution in [3.05, 3.63) is 42.0 Å². The van der Waals surface area contributed by atoms with E-state index in [0.717, 1.165) is 4.90 Å². The van der Waals surface area contributed by atoms with E-state index < -0.39 is 29.5 Å². The lowest BCUT2D eigenvalue weighted by atomic mass is 10.0. The third-order valence-corrected chi connectivity index (χ3v) is 3.29. The second kappa shape index (κ2) is 6.86. The molecule has 0 fully saturated rings. The molecule has 1 heterocycles. The Morgan fingerprint density at radius 1 is 1.25 bits per heavy atom. The van der Waals surface area contributed by atoms with Crippen LogP contribution in [0.2, 0.25) is 0 Å². The Labute approximate surface area is 141 Å². The van der Waals surface area contributed by atoms with Crippen LogP contribution in [0.4, 0.5) is 10.5 Å². The Balaban J connectivity index is 2.32. The first kappa shape index (κ1) is 17.7. The molecule has 0 bridgehead atoms. The van der Waals surface area contributed by atoms with E-state index in [2.05, 4.69) is 0 Å². The van der Waals surface area contributed by atoms with Crippen molar-refractivity contribution in [2.24, 2.45) is 0 Å². The number of carbonyl (C=O) groups is 3. The maximum atomic E-state index is 12.7. The first-order chi connectivity index (χ1) is 11.2. The molecule has 0 saturated carbocycles. The topological polar surface area (TPSA) is 72.9 Å². The minimum absolute atomic E-state index is 0.252. The molecule has 6 nitrogen and oxygen atoms in total. The highest BCUT2D eigenvalue weighted by molar-refractivity contribution is 6.20. The molecule has 24 heavy (non-hydrogen) atoms. The van der Waals surface area contributed by atoms with Gasteiger partial charge in [-0.15, -0.1) is 0 Å². The van der Waals surface area contributed by atoms with Crippen LogP contribution in [-0.2, 0) is 19.1 Å². The number of anilines is 1. The zero-order chi connectivity index (χ0) is 17.9. The molecule has 2 rings (SSSR count). The first-order valence-electron chi connectivity index (χ1n) is 7.75. The van der Waals surface area contributed by atoms with Gasteiger partial charge >= 0.3 is 12.1 Å². The number of benzene rings is 1. The first-order valence-corrected chi connectivity index (χ1v) is 7.75. The summed E-state index contributed by atoms with van der Waals surface area (Å²) in [5.74, 6) is -1.71. The molecule has 1 aliphatic heterocycles. The molecule has 1 aliphatic rings. The lowest BCUT2D eigenvalue weighted by molar-refractivity contribution is -0.137. The van der Waals surface area contributed by atoms with Crippen molar-refractivity contribution in [3.8, 4) is 0 Å². The van der Waals surface area contributed by atoms with Gasteiger partial charge in [-0.2, -0.15) is 0 Å². The lowest BCUT2D eigenvalue weighted by Crippen LogP contribution is -2.39. The summed E-state index contributed by atoms with van der Waals surface area (Å²) in [5.41, 5.74) is 0.398. The minimum Gasteiger partial charge on any atom is -0.463 e. The molecular formula is C18H21NO5. The monoisotopic (exact) mass is 331 g/mol. The van der Waals surface area contributed by atoms with E-state index >= 15 is 0 Å². The molecule has 0 radical (unpaired) electrons. The average Bonchev–Trinajstić information content (AvgIpc) is 2.75. The number of carbonyl (C=O) groups excluding carboxylic acids is 3. The normalized spacial score (nSPS) is 17.1. The van der Waals surface area contributed by atoms with E-state index in [4.69, 9.17) is 9.47 Å². The maximum absolute atomic E-state index is 12.7. The van der Waals surface area contributed by atoms with Gasteiger partial charge in [-0.25, -0.2) is 14.5 Å². The lowest BCUT2D eigenvalue weighted by Gasteiger charge is -2.23.